The van der Waals surface area contributed by atoms with E-state index in [-0.39, 0.29) is 23.5 Å². The Labute approximate surface area is 199 Å². The molecule has 1 N–H and O–H groups in total. The number of rotatable bonds is 4. The number of carbonyl (C=O) groups is 1. The highest BCUT2D eigenvalue weighted by Gasteiger charge is 2.36. The number of amides is 1. The summed E-state index contributed by atoms with van der Waals surface area (Å²) in [6, 6.07) is 11.5. The molecule has 0 bridgehead atoms. The summed E-state index contributed by atoms with van der Waals surface area (Å²) in [6.07, 6.45) is -4.88. The zero-order valence-electron chi connectivity index (χ0n) is 18.4. The Balaban J connectivity index is 1.98. The Bertz CT molecular complexity index is 1290. The van der Waals surface area contributed by atoms with Gasteiger partial charge in [-0.15, -0.1) is 0 Å². The lowest BCUT2D eigenvalue weighted by molar-refractivity contribution is -0.137. The molecule has 1 aromatic heterocycles. The number of halogens is 4. The van der Waals surface area contributed by atoms with Gasteiger partial charge in [-0.1, -0.05) is 29.8 Å². The summed E-state index contributed by atoms with van der Waals surface area (Å²) in [6.45, 7) is 2.19. The average Bonchev–Trinajstić information content (AvgIpc) is 2.89. The van der Waals surface area contributed by atoms with E-state index < -0.39 is 23.9 Å². The number of benzene rings is 2. The van der Waals surface area contributed by atoms with Crippen LogP contribution in [0.1, 0.15) is 47.8 Å². The van der Waals surface area contributed by atoms with Gasteiger partial charge in [-0.3, -0.25) is 9.59 Å². The van der Waals surface area contributed by atoms with Crippen LogP contribution in [0.4, 0.5) is 13.2 Å². The van der Waals surface area contributed by atoms with Crippen molar-refractivity contribution in [3.8, 4) is 11.1 Å². The Morgan fingerprint density at radius 3 is 2.44 bits per heavy atom. The van der Waals surface area contributed by atoms with Gasteiger partial charge in [0.25, 0.3) is 5.56 Å². The minimum Gasteiger partial charge on any atom is -0.360 e. The number of aromatic nitrogens is 1. The largest absolute Gasteiger partial charge is 0.416 e. The summed E-state index contributed by atoms with van der Waals surface area (Å²) in [4.78, 5) is 25.0. The van der Waals surface area contributed by atoms with Crippen LogP contribution in [-0.4, -0.2) is 17.0 Å². The quantitative estimate of drug-likeness (QED) is 0.532. The van der Waals surface area contributed by atoms with Crippen LogP contribution >= 0.6 is 11.6 Å². The minimum atomic E-state index is -4.56. The third-order valence-corrected chi connectivity index (χ3v) is 6.03. The Morgan fingerprint density at radius 1 is 1.09 bits per heavy atom. The highest BCUT2D eigenvalue weighted by Crippen LogP contribution is 2.46. The maximum absolute atomic E-state index is 13.6. The average molecular weight is 491 g/mol. The second-order valence-electron chi connectivity index (χ2n) is 8.11. The predicted octanol–water partition coefficient (Wildman–Crippen LogP) is 5.41. The van der Waals surface area contributed by atoms with Crippen molar-refractivity contribution < 1.29 is 22.7 Å². The molecule has 9 heteroatoms. The SMILES string of the molecule is CCNC(=O)C[C@@H]1O[C@H](c2ccc(Cl)cc2)c2cc(C(F)(F)F)ccc2-c2cn(C)c(=O)cc21. The molecule has 2 atom stereocenters. The second-order valence-corrected chi connectivity index (χ2v) is 8.54. The molecule has 5 nitrogen and oxygen atoms in total. The van der Waals surface area contributed by atoms with Crippen LogP contribution in [0.15, 0.2) is 59.5 Å². The summed E-state index contributed by atoms with van der Waals surface area (Å²) in [7, 11) is 1.56. The van der Waals surface area contributed by atoms with Crippen LogP contribution in [-0.2, 0) is 22.8 Å². The van der Waals surface area contributed by atoms with E-state index in [0.717, 1.165) is 12.1 Å². The fraction of sp³-hybridized carbons (Fsp3) is 0.280. The van der Waals surface area contributed by atoms with Crippen LogP contribution in [0.25, 0.3) is 11.1 Å². The van der Waals surface area contributed by atoms with Gasteiger partial charge in [0.2, 0.25) is 5.91 Å². The summed E-state index contributed by atoms with van der Waals surface area (Å²) in [5.41, 5.74) is 1.21. The van der Waals surface area contributed by atoms with E-state index in [0.29, 0.717) is 33.8 Å². The molecule has 3 aromatic rings. The van der Waals surface area contributed by atoms with E-state index in [2.05, 4.69) is 5.32 Å². The van der Waals surface area contributed by atoms with Gasteiger partial charge < -0.3 is 14.6 Å². The fourth-order valence-electron chi connectivity index (χ4n) is 4.14. The summed E-state index contributed by atoms with van der Waals surface area (Å²) in [5, 5.41) is 3.18. The first-order chi connectivity index (χ1) is 16.1. The van der Waals surface area contributed by atoms with Gasteiger partial charge in [-0.05, 0) is 53.4 Å². The molecular weight excluding hydrogens is 469 g/mol. The lowest BCUT2D eigenvalue weighted by Crippen LogP contribution is -2.26. The Hall–Kier alpha value is -3.10. The molecule has 0 spiro atoms. The van der Waals surface area contributed by atoms with E-state index in [4.69, 9.17) is 16.3 Å². The number of ether oxygens (including phenoxy) is 1. The first kappa shape index (κ1) is 24.0. The molecule has 178 valence electrons. The molecule has 0 fully saturated rings. The Morgan fingerprint density at radius 2 is 1.79 bits per heavy atom. The molecule has 1 amide bonds. The van der Waals surface area contributed by atoms with Gasteiger partial charge in [0, 0.05) is 36.4 Å². The van der Waals surface area contributed by atoms with E-state index in [1.54, 1.807) is 44.4 Å². The van der Waals surface area contributed by atoms with Gasteiger partial charge in [0.1, 0.15) is 6.10 Å². The minimum absolute atomic E-state index is 0.0990. The highest BCUT2D eigenvalue weighted by atomic mass is 35.5. The summed E-state index contributed by atoms with van der Waals surface area (Å²) in [5.74, 6) is -0.295. The smallest absolute Gasteiger partial charge is 0.360 e. The number of alkyl halides is 3. The van der Waals surface area contributed by atoms with Gasteiger partial charge in [0.15, 0.2) is 0 Å². The van der Waals surface area contributed by atoms with E-state index in [1.165, 1.54) is 16.7 Å². The lowest BCUT2D eigenvalue weighted by Gasteiger charge is -2.24. The van der Waals surface area contributed by atoms with E-state index >= 15 is 0 Å². The molecule has 0 unspecified atom stereocenters. The molecular formula is C25H22ClF3N2O3. The van der Waals surface area contributed by atoms with Crippen molar-refractivity contribution in [2.24, 2.45) is 7.05 Å². The van der Waals surface area contributed by atoms with Gasteiger partial charge in [-0.2, -0.15) is 13.2 Å². The predicted molar refractivity (Wildman–Crippen MR) is 123 cm³/mol. The maximum atomic E-state index is 13.6. The van der Waals surface area contributed by atoms with Crippen molar-refractivity contribution >= 4 is 17.5 Å². The van der Waals surface area contributed by atoms with E-state index in [9.17, 15) is 22.8 Å². The van der Waals surface area contributed by atoms with Crippen LogP contribution in [0, 0.1) is 0 Å². The molecule has 34 heavy (non-hydrogen) atoms. The highest BCUT2D eigenvalue weighted by molar-refractivity contribution is 6.30. The number of aryl methyl sites for hydroxylation is 1. The van der Waals surface area contributed by atoms with Gasteiger partial charge in [-0.25, -0.2) is 0 Å². The number of hydrogen-bond donors (Lipinski definition) is 1. The first-order valence-electron chi connectivity index (χ1n) is 10.7. The molecule has 4 rings (SSSR count). The first-order valence-corrected chi connectivity index (χ1v) is 11.1. The van der Waals surface area contributed by atoms with Crippen molar-refractivity contribution in [3.63, 3.8) is 0 Å². The van der Waals surface area contributed by atoms with Crippen molar-refractivity contribution in [2.45, 2.75) is 31.7 Å². The number of pyridine rings is 1. The molecule has 1 aliphatic heterocycles. The van der Waals surface area contributed by atoms with Crippen LogP contribution < -0.4 is 10.9 Å². The monoisotopic (exact) mass is 490 g/mol. The van der Waals surface area contributed by atoms with Crippen molar-refractivity contribution in [2.75, 3.05) is 6.54 Å². The maximum Gasteiger partial charge on any atom is 0.416 e. The summed E-state index contributed by atoms with van der Waals surface area (Å²) >= 11 is 6.03. The van der Waals surface area contributed by atoms with Crippen molar-refractivity contribution in [1.82, 2.24) is 9.88 Å². The molecule has 0 saturated carbocycles. The number of nitrogens with zero attached hydrogens (tertiary/aromatic N) is 1. The van der Waals surface area contributed by atoms with Crippen LogP contribution in [0.5, 0.6) is 0 Å². The number of carbonyl (C=O) groups excluding carboxylic acids is 1. The molecule has 1 aliphatic rings. The Kier molecular flexibility index (Phi) is 6.55. The second kappa shape index (κ2) is 9.27. The molecule has 0 aliphatic carbocycles. The fourth-order valence-corrected chi connectivity index (χ4v) is 4.27. The topological polar surface area (TPSA) is 60.3 Å². The van der Waals surface area contributed by atoms with Crippen molar-refractivity contribution in [3.05, 3.63) is 92.4 Å². The van der Waals surface area contributed by atoms with Gasteiger partial charge in [0.05, 0.1) is 18.1 Å². The van der Waals surface area contributed by atoms with Gasteiger partial charge >= 0.3 is 6.18 Å². The standard InChI is InChI=1S/C25H22ClF3N2O3/c1-3-30-22(32)12-21-18-11-23(33)31(2)13-20(18)17-9-6-15(25(27,28)29)10-19(17)24(34-21)14-4-7-16(26)8-5-14/h4-11,13,21,24H,3,12H2,1-2H3,(H,30,32)/t21-,24+/m0/s1. The van der Waals surface area contributed by atoms with Crippen molar-refractivity contribution in [1.29, 1.82) is 0 Å². The van der Waals surface area contributed by atoms with Crippen LogP contribution in [0.2, 0.25) is 5.02 Å². The molecule has 0 radical (unpaired) electrons. The molecule has 0 saturated heterocycles. The number of hydrogen-bond acceptors (Lipinski definition) is 3. The lowest BCUT2D eigenvalue weighted by atomic mass is 9.90. The van der Waals surface area contributed by atoms with Crippen LogP contribution in [0.3, 0.4) is 0 Å². The third-order valence-electron chi connectivity index (χ3n) is 5.78. The zero-order chi connectivity index (χ0) is 24.6. The molecule has 2 aromatic carbocycles. The normalized spacial score (nSPS) is 17.5. The molecule has 2 heterocycles. The number of nitrogens with one attached hydrogen (secondary N) is 1. The third kappa shape index (κ3) is 4.74. The zero-order valence-corrected chi connectivity index (χ0v) is 19.2. The summed E-state index contributed by atoms with van der Waals surface area (Å²) < 4.78 is 48.6. The van der Waals surface area contributed by atoms with E-state index in [1.807, 2.05) is 0 Å². The number of fused-ring (bicyclic) bond motifs is 3.